The third-order valence-corrected chi connectivity index (χ3v) is 10.1. The van der Waals surface area contributed by atoms with Gasteiger partial charge in [0.15, 0.2) is 5.78 Å². The van der Waals surface area contributed by atoms with E-state index in [2.05, 4.69) is 6.92 Å². The largest absolute Gasteiger partial charge is 0.396 e. The van der Waals surface area contributed by atoms with E-state index in [9.17, 15) is 20.1 Å². The van der Waals surface area contributed by atoms with Crippen molar-refractivity contribution in [3.8, 4) is 0 Å². The maximum atomic E-state index is 12.4. The lowest BCUT2D eigenvalue weighted by Gasteiger charge is -2.21. The maximum Gasteiger partial charge on any atom is 0.162 e. The molecule has 6 nitrogen and oxygen atoms in total. The summed E-state index contributed by atoms with van der Waals surface area (Å²) in [6.07, 6.45) is 39.7. The number of rotatable bonds is 39. The van der Waals surface area contributed by atoms with E-state index in [1.807, 2.05) is 0 Å². The summed E-state index contributed by atoms with van der Waals surface area (Å²) in [6, 6.07) is -1.08. The third-order valence-electron chi connectivity index (χ3n) is 10.1. The zero-order chi connectivity index (χ0) is 35.3. The van der Waals surface area contributed by atoms with Crippen molar-refractivity contribution >= 4 is 5.78 Å². The second-order valence-corrected chi connectivity index (χ2v) is 14.8. The zero-order valence-corrected chi connectivity index (χ0v) is 31.8. The van der Waals surface area contributed by atoms with Crippen LogP contribution in [-0.2, 0) is 4.79 Å². The van der Waals surface area contributed by atoms with E-state index in [0.29, 0.717) is 19.4 Å². The van der Waals surface area contributed by atoms with E-state index in [4.69, 9.17) is 10.8 Å². The van der Waals surface area contributed by atoms with Gasteiger partial charge in [-0.1, -0.05) is 205 Å². The Labute approximate surface area is 298 Å². The number of aliphatic hydroxyl groups is 4. The van der Waals surface area contributed by atoms with Crippen molar-refractivity contribution in [2.75, 3.05) is 6.61 Å². The molecule has 0 bridgehead atoms. The molecule has 48 heavy (non-hydrogen) atoms. The number of unbranched alkanes of at least 4 members (excludes halogenated alkanes) is 29. The highest BCUT2D eigenvalue weighted by Crippen LogP contribution is 2.16. The van der Waals surface area contributed by atoms with Crippen LogP contribution in [0, 0.1) is 0 Å². The van der Waals surface area contributed by atoms with Gasteiger partial charge >= 0.3 is 0 Å². The third kappa shape index (κ3) is 32.4. The van der Waals surface area contributed by atoms with E-state index < -0.39 is 24.4 Å². The molecule has 0 spiro atoms. The number of carbonyl (C=O) groups excluding carboxylic acids is 1. The number of ketones is 1. The van der Waals surface area contributed by atoms with Crippen LogP contribution in [0.2, 0.25) is 0 Å². The molecule has 0 aliphatic rings. The van der Waals surface area contributed by atoms with Crippen LogP contribution in [0.3, 0.4) is 0 Å². The van der Waals surface area contributed by atoms with Crippen molar-refractivity contribution in [3.05, 3.63) is 12.2 Å². The Balaban J connectivity index is 3.61. The molecule has 0 aliphatic carbocycles. The van der Waals surface area contributed by atoms with Crippen molar-refractivity contribution < 1.29 is 25.2 Å². The fraction of sp³-hybridized carbons (Fsp3) is 0.929. The molecule has 0 saturated carbocycles. The molecule has 0 aromatic heterocycles. The number of carbonyl (C=O) groups is 1. The van der Waals surface area contributed by atoms with Crippen molar-refractivity contribution in [2.45, 2.75) is 243 Å². The van der Waals surface area contributed by atoms with Crippen molar-refractivity contribution in [1.29, 1.82) is 0 Å². The van der Waals surface area contributed by atoms with Gasteiger partial charge in [0, 0.05) is 13.0 Å². The van der Waals surface area contributed by atoms with E-state index in [1.54, 1.807) is 6.08 Å². The average molecular weight is 682 g/mol. The predicted molar refractivity (Wildman–Crippen MR) is 205 cm³/mol. The van der Waals surface area contributed by atoms with Gasteiger partial charge in [0.05, 0.1) is 18.2 Å². The standard InChI is InChI=1S/C42H83NO5/c1-2-3-4-5-6-7-21-24-27-30-33-38(45)35-36-39(46)41(43)42(48)40(47)34-31-28-25-22-19-17-15-13-11-9-8-10-12-14-16-18-20-23-26-29-32-37-44/h35-36,38-39,41-42,44-46,48H,2-34,37,43H2,1H3/b36-35+/t38?,39-,41-,42?/m1/s1. The first kappa shape index (κ1) is 47.2. The van der Waals surface area contributed by atoms with Crippen molar-refractivity contribution in [2.24, 2.45) is 5.73 Å². The number of hydrogen-bond donors (Lipinski definition) is 5. The molecule has 6 N–H and O–H groups in total. The highest BCUT2D eigenvalue weighted by molar-refractivity contribution is 5.83. The second kappa shape index (κ2) is 37.5. The van der Waals surface area contributed by atoms with E-state index >= 15 is 0 Å². The SMILES string of the molecule is CCCCCCCCCCCCC(O)/C=C/[C@@H](O)[C@@H](N)C(O)C(=O)CCCCCCCCCCCCCCCCCCCCCCCO. The van der Waals surface area contributed by atoms with Crippen LogP contribution in [0.5, 0.6) is 0 Å². The molecule has 0 amide bonds. The van der Waals surface area contributed by atoms with E-state index in [-0.39, 0.29) is 5.78 Å². The van der Waals surface area contributed by atoms with Gasteiger partial charge in [-0.3, -0.25) is 4.79 Å². The van der Waals surface area contributed by atoms with Gasteiger partial charge in [0.2, 0.25) is 0 Å². The molecular formula is C42H83NO5. The maximum absolute atomic E-state index is 12.4. The highest BCUT2D eigenvalue weighted by Gasteiger charge is 2.27. The molecule has 0 radical (unpaired) electrons. The lowest BCUT2D eigenvalue weighted by molar-refractivity contribution is -0.129. The Morgan fingerprint density at radius 1 is 0.500 bits per heavy atom. The molecular weight excluding hydrogens is 598 g/mol. The van der Waals surface area contributed by atoms with Crippen LogP contribution in [0.4, 0.5) is 0 Å². The molecule has 0 aliphatic heterocycles. The molecule has 0 aromatic rings. The monoisotopic (exact) mass is 682 g/mol. The minimum Gasteiger partial charge on any atom is -0.396 e. The first-order valence-corrected chi connectivity index (χ1v) is 21.1. The normalized spacial score (nSPS) is 14.5. The zero-order valence-electron chi connectivity index (χ0n) is 31.8. The van der Waals surface area contributed by atoms with E-state index in [0.717, 1.165) is 38.5 Å². The quantitative estimate of drug-likeness (QED) is 0.0325. The summed E-state index contributed by atoms with van der Waals surface area (Å²) in [5.74, 6) is -0.304. The Morgan fingerprint density at radius 3 is 1.21 bits per heavy atom. The minimum absolute atomic E-state index is 0.290. The molecule has 0 aromatic carbocycles. The molecule has 0 fully saturated rings. The van der Waals surface area contributed by atoms with Gasteiger partial charge in [0.1, 0.15) is 6.10 Å². The Kier molecular flexibility index (Phi) is 36.8. The van der Waals surface area contributed by atoms with Crippen LogP contribution < -0.4 is 5.73 Å². The highest BCUT2D eigenvalue weighted by atomic mass is 16.3. The molecule has 4 atom stereocenters. The predicted octanol–water partition coefficient (Wildman–Crippen LogP) is 10.4. The van der Waals surface area contributed by atoms with Gasteiger partial charge in [-0.15, -0.1) is 0 Å². The molecule has 2 unspecified atom stereocenters. The van der Waals surface area contributed by atoms with Crippen molar-refractivity contribution in [3.63, 3.8) is 0 Å². The van der Waals surface area contributed by atoms with E-state index in [1.165, 1.54) is 167 Å². The number of nitrogens with two attached hydrogens (primary N) is 1. The summed E-state index contributed by atoms with van der Waals surface area (Å²) < 4.78 is 0. The van der Waals surface area contributed by atoms with Crippen LogP contribution >= 0.6 is 0 Å². The summed E-state index contributed by atoms with van der Waals surface area (Å²) in [5, 5.41) is 39.7. The van der Waals surface area contributed by atoms with Crippen LogP contribution in [-0.4, -0.2) is 57.2 Å². The van der Waals surface area contributed by atoms with Gasteiger partial charge in [-0.2, -0.15) is 0 Å². The lowest BCUT2D eigenvalue weighted by atomic mass is 9.97. The number of hydrogen-bond acceptors (Lipinski definition) is 6. The van der Waals surface area contributed by atoms with Gasteiger partial charge < -0.3 is 26.2 Å². The summed E-state index contributed by atoms with van der Waals surface area (Å²) in [6.45, 7) is 2.59. The molecule has 0 rings (SSSR count). The van der Waals surface area contributed by atoms with Crippen LogP contribution in [0.25, 0.3) is 0 Å². The first-order valence-electron chi connectivity index (χ1n) is 21.1. The topological polar surface area (TPSA) is 124 Å². The average Bonchev–Trinajstić information content (AvgIpc) is 3.09. The smallest absolute Gasteiger partial charge is 0.162 e. The Bertz CT molecular complexity index is 687. The fourth-order valence-electron chi connectivity index (χ4n) is 6.63. The summed E-state index contributed by atoms with van der Waals surface area (Å²) in [4.78, 5) is 12.4. The lowest BCUT2D eigenvalue weighted by Crippen LogP contribution is -2.47. The number of aliphatic hydroxyl groups excluding tert-OH is 4. The molecule has 6 heteroatoms. The second-order valence-electron chi connectivity index (χ2n) is 14.8. The summed E-state index contributed by atoms with van der Waals surface area (Å²) in [7, 11) is 0. The Hall–Kier alpha value is -0.790. The summed E-state index contributed by atoms with van der Waals surface area (Å²) in [5.41, 5.74) is 5.98. The van der Waals surface area contributed by atoms with Crippen molar-refractivity contribution in [1.82, 2.24) is 0 Å². The van der Waals surface area contributed by atoms with Crippen LogP contribution in [0.15, 0.2) is 12.2 Å². The van der Waals surface area contributed by atoms with Gasteiger partial charge in [-0.05, 0) is 19.3 Å². The van der Waals surface area contributed by atoms with Crippen LogP contribution in [0.1, 0.15) is 219 Å². The molecule has 286 valence electrons. The first-order chi connectivity index (χ1) is 23.4. The fourth-order valence-corrected chi connectivity index (χ4v) is 6.63. The number of Topliss-reactive ketones (excluding diaryl/α,β-unsaturated/α-hetero) is 1. The minimum atomic E-state index is -1.38. The van der Waals surface area contributed by atoms with Gasteiger partial charge in [0.25, 0.3) is 0 Å². The molecule has 0 heterocycles. The molecule has 0 saturated heterocycles. The summed E-state index contributed by atoms with van der Waals surface area (Å²) >= 11 is 0. The van der Waals surface area contributed by atoms with Gasteiger partial charge in [-0.25, -0.2) is 0 Å². The Morgan fingerprint density at radius 2 is 0.833 bits per heavy atom.